The van der Waals surface area contributed by atoms with E-state index in [1.807, 2.05) is 72.8 Å². The van der Waals surface area contributed by atoms with E-state index in [9.17, 15) is 40.9 Å². The maximum absolute atomic E-state index is 13.1. The van der Waals surface area contributed by atoms with Gasteiger partial charge >= 0.3 is 34.4 Å². The molecular weight excluding hydrogens is 1260 g/mol. The summed E-state index contributed by atoms with van der Waals surface area (Å²) in [4.78, 5) is 86.8. The molecule has 532 valence electrons. The van der Waals surface area contributed by atoms with Gasteiger partial charge in [-0.3, -0.25) is 0 Å². The Labute approximate surface area is 555 Å². The van der Waals surface area contributed by atoms with Gasteiger partial charge in [0.15, 0.2) is 0 Å². The Bertz CT molecular complexity index is 2350. The zero-order chi connectivity index (χ0) is 71.5. The number of aliphatic hydroxyl groups excluding tert-OH is 6. The summed E-state index contributed by atoms with van der Waals surface area (Å²) < 4.78 is 0. The first-order valence-corrected chi connectivity index (χ1v) is 36.4. The van der Waals surface area contributed by atoms with Crippen LogP contribution in [-0.4, -0.2) is 139 Å². The van der Waals surface area contributed by atoms with Crippen LogP contribution in [0.2, 0.25) is 0 Å². The smallest absolute Gasteiger partial charge is 0.324 e. The second-order valence-electron chi connectivity index (χ2n) is 27.7. The molecule has 4 rings (SSSR count). The van der Waals surface area contributed by atoms with Crippen molar-refractivity contribution in [2.24, 2.45) is 10.8 Å². The fourth-order valence-electron chi connectivity index (χ4n) is 10.8. The summed E-state index contributed by atoms with van der Waals surface area (Å²) >= 11 is 0. The molecule has 0 heterocycles. The number of aliphatic hydroxyl groups is 8. The van der Waals surface area contributed by atoms with E-state index in [-0.39, 0.29) is 21.7 Å². The Balaban J connectivity index is 0. The van der Waals surface area contributed by atoms with Crippen LogP contribution in [0.4, 0.5) is 0 Å². The lowest BCUT2D eigenvalue weighted by Crippen LogP contribution is -2.55. The molecule has 20 N–H and O–H groups in total. The summed E-state index contributed by atoms with van der Waals surface area (Å²) in [5, 5.41) is 88.3. The fraction of sp³-hybridized carbons (Fsp3) is 0.647. The molecule has 0 aromatic heterocycles. The molecular formula is C68H120O20P4. The SMILES string of the molecule is CC(C)(C)c1ccc(C(O)(c2ccc(C(C)(C)C)cc2C(C)(C)C)C(CO)(CO)CO)c(C(C)(C)C)c1.CCCCCCCCCc1ccc(C(O)(c2ccc(CCCCCCCCC)cc2)C(CO)(CO)CO)cc1.OP(O)O.OP(O)O.OP(O)O.OP(O)O. The van der Waals surface area contributed by atoms with Crippen LogP contribution in [0.1, 0.15) is 242 Å². The third-order valence-corrected chi connectivity index (χ3v) is 16.4. The Kier molecular flexibility index (Phi) is 44.6. The van der Waals surface area contributed by atoms with E-state index in [0.29, 0.717) is 22.3 Å². The summed E-state index contributed by atoms with van der Waals surface area (Å²) in [6.07, 6.45) is 19.7. The van der Waals surface area contributed by atoms with Crippen LogP contribution in [0.15, 0.2) is 84.9 Å². The normalized spacial score (nSPS) is 12.5. The van der Waals surface area contributed by atoms with Crippen molar-refractivity contribution in [1.82, 2.24) is 0 Å². The molecule has 0 aliphatic carbocycles. The predicted molar refractivity (Wildman–Crippen MR) is 372 cm³/mol. The van der Waals surface area contributed by atoms with E-state index in [1.54, 1.807) is 0 Å². The molecule has 20 nitrogen and oxygen atoms in total. The lowest BCUT2D eigenvalue weighted by molar-refractivity contribution is -0.137. The highest BCUT2D eigenvalue weighted by Crippen LogP contribution is 2.52. The summed E-state index contributed by atoms with van der Waals surface area (Å²) in [7, 11) is -10.5. The van der Waals surface area contributed by atoms with Gasteiger partial charge in [0.2, 0.25) is 0 Å². The minimum Gasteiger partial charge on any atom is -0.395 e. The average Bonchev–Trinajstić information content (AvgIpc) is 0.722. The molecule has 0 spiro atoms. The summed E-state index contributed by atoms with van der Waals surface area (Å²) in [6.45, 7) is 26.6. The molecule has 0 unspecified atom stereocenters. The molecule has 0 aliphatic rings. The quantitative estimate of drug-likeness (QED) is 0.0186. The van der Waals surface area contributed by atoms with Gasteiger partial charge in [-0.05, 0) is 103 Å². The van der Waals surface area contributed by atoms with Crippen LogP contribution in [0.5, 0.6) is 0 Å². The lowest BCUT2D eigenvalue weighted by atomic mass is 9.60. The largest absolute Gasteiger partial charge is 0.395 e. The number of hydrogen-bond donors (Lipinski definition) is 20. The van der Waals surface area contributed by atoms with E-state index >= 15 is 0 Å². The summed E-state index contributed by atoms with van der Waals surface area (Å²) in [5.74, 6) is 0. The Hall–Kier alpha value is -2.20. The maximum Gasteiger partial charge on any atom is 0.324 e. The number of aryl methyl sites for hydroxylation is 2. The maximum atomic E-state index is 13.1. The van der Waals surface area contributed by atoms with E-state index in [4.69, 9.17) is 58.7 Å². The molecule has 4 aromatic carbocycles. The Morgan fingerprint density at radius 3 is 0.707 bits per heavy atom. The van der Waals surface area contributed by atoms with Crippen molar-refractivity contribution in [3.8, 4) is 0 Å². The highest BCUT2D eigenvalue weighted by atomic mass is 31.2. The first-order chi connectivity index (χ1) is 42.5. The van der Waals surface area contributed by atoms with Crippen molar-refractivity contribution >= 4 is 34.4 Å². The number of hydrogen-bond acceptors (Lipinski definition) is 20. The van der Waals surface area contributed by atoms with Gasteiger partial charge in [-0.25, -0.2) is 0 Å². The van der Waals surface area contributed by atoms with Crippen molar-refractivity contribution in [2.75, 3.05) is 39.6 Å². The molecule has 0 aliphatic heterocycles. The van der Waals surface area contributed by atoms with Gasteiger partial charge in [0.1, 0.15) is 11.2 Å². The topological polar surface area (TPSA) is 405 Å². The predicted octanol–water partition coefficient (Wildman–Crippen LogP) is 10.3. The minimum atomic E-state index is -2.62. The van der Waals surface area contributed by atoms with E-state index < -0.39 is 96.1 Å². The molecule has 0 radical (unpaired) electrons. The summed E-state index contributed by atoms with van der Waals surface area (Å²) in [6, 6.07) is 27.9. The average molecular weight is 1380 g/mol. The summed E-state index contributed by atoms with van der Waals surface area (Å²) in [5.41, 5.74) is 1.17. The molecule has 0 fully saturated rings. The first-order valence-electron chi connectivity index (χ1n) is 31.6. The Morgan fingerprint density at radius 1 is 0.272 bits per heavy atom. The fourth-order valence-corrected chi connectivity index (χ4v) is 10.8. The molecule has 0 bridgehead atoms. The van der Waals surface area contributed by atoms with Crippen LogP contribution in [-0.2, 0) is 45.7 Å². The Morgan fingerprint density at radius 2 is 0.489 bits per heavy atom. The van der Waals surface area contributed by atoms with Crippen LogP contribution in [0.3, 0.4) is 0 Å². The molecule has 0 saturated heterocycles. The van der Waals surface area contributed by atoms with Crippen LogP contribution in [0.25, 0.3) is 0 Å². The third kappa shape index (κ3) is 31.1. The molecule has 92 heavy (non-hydrogen) atoms. The first kappa shape index (κ1) is 91.9. The molecule has 4 aromatic rings. The second kappa shape index (κ2) is 44.7. The van der Waals surface area contributed by atoms with Crippen LogP contribution >= 0.6 is 34.4 Å². The molecule has 0 saturated carbocycles. The van der Waals surface area contributed by atoms with Crippen molar-refractivity contribution in [3.63, 3.8) is 0 Å². The third-order valence-electron chi connectivity index (χ3n) is 16.4. The lowest BCUT2D eigenvalue weighted by Gasteiger charge is -2.49. The minimum absolute atomic E-state index is 0.108. The van der Waals surface area contributed by atoms with Crippen molar-refractivity contribution in [1.29, 1.82) is 0 Å². The zero-order valence-electron chi connectivity index (χ0n) is 57.4. The monoisotopic (exact) mass is 1380 g/mol. The van der Waals surface area contributed by atoms with Gasteiger partial charge < -0.3 is 99.6 Å². The second-order valence-corrected chi connectivity index (χ2v) is 29.8. The van der Waals surface area contributed by atoms with Crippen molar-refractivity contribution in [3.05, 3.63) is 141 Å². The van der Waals surface area contributed by atoms with Gasteiger partial charge in [-0.2, -0.15) is 0 Å². The van der Waals surface area contributed by atoms with Crippen molar-refractivity contribution in [2.45, 2.75) is 233 Å². The number of rotatable bonds is 28. The standard InChI is InChI=1S/C35H56O4.C33H52O4.4H3O3P/c1-3-5-7-9-11-13-15-17-30-19-23-32(24-20-30)35(39,34(27-36,28-37)29-38)33-25-21-31(22-26-33)18-16-14-12-10-8-6-4-2;1-28(2,3)22-13-15-24(26(17-22)30(7,8)9)33(37,32(19-34,20-35)21-36)25-16-14-23(29(4,5)6)18-27(25)31(10,11)12;4*1-4(2)3/h19-26,36-39H,3-18,27-29H2,1-2H3;13-18,34-37H,19-21H2,1-12H3;4*1-3H. The van der Waals surface area contributed by atoms with Gasteiger partial charge in [0, 0.05) is 0 Å². The van der Waals surface area contributed by atoms with Crippen LogP contribution < -0.4 is 0 Å². The van der Waals surface area contributed by atoms with E-state index in [1.165, 1.54) is 88.2 Å². The van der Waals surface area contributed by atoms with Gasteiger partial charge in [0.25, 0.3) is 0 Å². The number of unbranched alkanes of at least 4 members (excludes halogenated alkanes) is 12. The van der Waals surface area contributed by atoms with Gasteiger partial charge in [0.05, 0.1) is 50.5 Å². The highest BCUT2D eigenvalue weighted by molar-refractivity contribution is 7.38. The molecule has 24 heteroatoms. The van der Waals surface area contributed by atoms with Crippen molar-refractivity contribution < 1.29 is 99.6 Å². The highest BCUT2D eigenvalue weighted by Gasteiger charge is 2.56. The number of benzene rings is 4. The zero-order valence-corrected chi connectivity index (χ0v) is 61.0. The van der Waals surface area contributed by atoms with E-state index in [0.717, 1.165) is 47.9 Å². The van der Waals surface area contributed by atoms with Gasteiger partial charge in [-0.1, -0.05) is 259 Å². The van der Waals surface area contributed by atoms with E-state index in [2.05, 4.69) is 109 Å². The van der Waals surface area contributed by atoms with Crippen LogP contribution in [0, 0.1) is 10.8 Å². The molecule has 0 atom stereocenters. The van der Waals surface area contributed by atoms with Gasteiger partial charge in [-0.15, -0.1) is 0 Å². The molecule has 0 amide bonds.